The van der Waals surface area contributed by atoms with Crippen LogP contribution in [-0.4, -0.2) is 41.9 Å². The summed E-state index contributed by atoms with van der Waals surface area (Å²) in [5.41, 5.74) is 2.55. The smallest absolute Gasteiger partial charge is 0.258 e. The van der Waals surface area contributed by atoms with Crippen molar-refractivity contribution in [2.24, 2.45) is 0 Å². The highest BCUT2D eigenvalue weighted by Gasteiger charge is 2.39. The zero-order chi connectivity index (χ0) is 19.3. The molecule has 2 amide bonds. The van der Waals surface area contributed by atoms with E-state index in [2.05, 4.69) is 23.5 Å². The highest BCUT2D eigenvalue weighted by atomic mass is 16.5. The van der Waals surface area contributed by atoms with Crippen LogP contribution in [0.1, 0.15) is 24.8 Å². The van der Waals surface area contributed by atoms with Crippen molar-refractivity contribution in [2.75, 3.05) is 13.2 Å². The molecular weight excluding hydrogens is 352 g/mol. The number of carbonyl (C=O) groups excluding carboxylic acids is 2. The van der Waals surface area contributed by atoms with E-state index < -0.39 is 0 Å². The predicted molar refractivity (Wildman–Crippen MR) is 108 cm³/mol. The zero-order valence-electron chi connectivity index (χ0n) is 15.7. The van der Waals surface area contributed by atoms with Gasteiger partial charge in [0, 0.05) is 6.04 Å². The predicted octanol–water partition coefficient (Wildman–Crippen LogP) is 3.03. The van der Waals surface area contributed by atoms with Crippen LogP contribution in [0.15, 0.2) is 66.7 Å². The van der Waals surface area contributed by atoms with Crippen molar-refractivity contribution in [3.8, 4) is 5.75 Å². The first-order valence-corrected chi connectivity index (χ1v) is 9.72. The van der Waals surface area contributed by atoms with Gasteiger partial charge in [-0.05, 0) is 42.5 Å². The van der Waals surface area contributed by atoms with Crippen molar-refractivity contribution in [1.29, 1.82) is 0 Å². The quantitative estimate of drug-likeness (QED) is 0.843. The molecule has 2 aliphatic rings. The standard InChI is InChI=1S/C23H24N2O3/c26-22(16-28-21-9-5-2-6-10-21)24-15-23(27)25-19-11-12-20(25)14-18(13-19)17-7-3-1-4-8-17/h1-10,13,19-20H,11-12,14-16H2,(H,24,26). The number of benzene rings is 2. The number of para-hydroxylation sites is 1. The normalized spacial score (nSPS) is 20.4. The van der Waals surface area contributed by atoms with E-state index in [1.165, 1.54) is 11.1 Å². The minimum Gasteiger partial charge on any atom is -0.484 e. The third-order valence-corrected chi connectivity index (χ3v) is 5.38. The largest absolute Gasteiger partial charge is 0.484 e. The number of fused-ring (bicyclic) bond motifs is 2. The molecule has 0 aromatic heterocycles. The molecule has 4 rings (SSSR count). The van der Waals surface area contributed by atoms with Gasteiger partial charge >= 0.3 is 0 Å². The number of nitrogens with one attached hydrogen (secondary N) is 1. The summed E-state index contributed by atoms with van der Waals surface area (Å²) in [5, 5.41) is 2.69. The third-order valence-electron chi connectivity index (χ3n) is 5.38. The Bertz CT molecular complexity index is 864. The molecule has 144 valence electrons. The average Bonchev–Trinajstić information content (AvgIpc) is 3.01. The highest BCUT2D eigenvalue weighted by molar-refractivity contribution is 5.87. The first kappa shape index (κ1) is 18.3. The number of amides is 2. The number of nitrogens with zero attached hydrogens (tertiary/aromatic N) is 1. The monoisotopic (exact) mass is 376 g/mol. The molecule has 1 saturated heterocycles. The van der Waals surface area contributed by atoms with E-state index in [-0.39, 0.29) is 37.0 Å². The molecule has 2 heterocycles. The maximum atomic E-state index is 12.7. The Hall–Kier alpha value is -3.08. The summed E-state index contributed by atoms with van der Waals surface area (Å²) in [6.45, 7) is -0.0826. The Labute approximate surface area is 165 Å². The number of carbonyl (C=O) groups is 2. The first-order chi connectivity index (χ1) is 13.7. The van der Waals surface area contributed by atoms with Gasteiger partial charge in [0.05, 0.1) is 12.6 Å². The van der Waals surface area contributed by atoms with Crippen LogP contribution in [-0.2, 0) is 9.59 Å². The topological polar surface area (TPSA) is 58.6 Å². The molecule has 2 atom stereocenters. The van der Waals surface area contributed by atoms with Gasteiger partial charge in [-0.25, -0.2) is 0 Å². The maximum absolute atomic E-state index is 12.7. The lowest BCUT2D eigenvalue weighted by Gasteiger charge is -2.34. The van der Waals surface area contributed by atoms with Gasteiger partial charge < -0.3 is 15.0 Å². The molecule has 0 radical (unpaired) electrons. The summed E-state index contributed by atoms with van der Waals surface area (Å²) in [5.74, 6) is 0.322. The van der Waals surface area contributed by atoms with Crippen molar-refractivity contribution >= 4 is 17.4 Å². The third kappa shape index (κ3) is 4.09. The number of ether oxygens (including phenoxy) is 1. The maximum Gasteiger partial charge on any atom is 0.258 e. The lowest BCUT2D eigenvalue weighted by atomic mass is 9.95. The van der Waals surface area contributed by atoms with Gasteiger partial charge in [0.2, 0.25) is 5.91 Å². The SMILES string of the molecule is O=C(COc1ccccc1)NCC(=O)N1C2C=C(c3ccccc3)CC1CC2. The molecule has 5 heteroatoms. The Kier molecular flexibility index (Phi) is 5.42. The summed E-state index contributed by atoms with van der Waals surface area (Å²) >= 11 is 0. The molecule has 0 saturated carbocycles. The van der Waals surface area contributed by atoms with E-state index in [0.717, 1.165) is 19.3 Å². The van der Waals surface area contributed by atoms with Crippen molar-refractivity contribution < 1.29 is 14.3 Å². The second-order valence-corrected chi connectivity index (χ2v) is 7.24. The van der Waals surface area contributed by atoms with E-state index in [0.29, 0.717) is 5.75 Å². The summed E-state index contributed by atoms with van der Waals surface area (Å²) in [7, 11) is 0. The van der Waals surface area contributed by atoms with Gasteiger partial charge in [-0.3, -0.25) is 9.59 Å². The Balaban J connectivity index is 1.31. The van der Waals surface area contributed by atoms with Crippen molar-refractivity contribution in [3.05, 3.63) is 72.3 Å². The second kappa shape index (κ2) is 8.30. The molecule has 1 N–H and O–H groups in total. The number of hydrogen-bond acceptors (Lipinski definition) is 3. The molecule has 1 fully saturated rings. The zero-order valence-corrected chi connectivity index (χ0v) is 15.7. The van der Waals surface area contributed by atoms with Crippen LogP contribution in [0.25, 0.3) is 5.57 Å². The summed E-state index contributed by atoms with van der Waals surface area (Å²) in [6, 6.07) is 19.9. The molecule has 2 bridgehead atoms. The lowest BCUT2D eigenvalue weighted by molar-refractivity contribution is -0.135. The van der Waals surface area contributed by atoms with Gasteiger partial charge in [-0.15, -0.1) is 0 Å². The van der Waals surface area contributed by atoms with Crippen LogP contribution < -0.4 is 10.1 Å². The first-order valence-electron chi connectivity index (χ1n) is 9.72. The van der Waals surface area contributed by atoms with Gasteiger partial charge in [-0.2, -0.15) is 0 Å². The Morgan fingerprint density at radius 1 is 1.00 bits per heavy atom. The molecular formula is C23H24N2O3. The summed E-state index contributed by atoms with van der Waals surface area (Å²) in [4.78, 5) is 26.7. The highest BCUT2D eigenvalue weighted by Crippen LogP contribution is 2.38. The fourth-order valence-corrected chi connectivity index (χ4v) is 4.07. The van der Waals surface area contributed by atoms with E-state index in [1.807, 2.05) is 41.3 Å². The van der Waals surface area contributed by atoms with E-state index in [1.54, 1.807) is 12.1 Å². The molecule has 2 aromatic carbocycles. The molecule has 2 aliphatic heterocycles. The van der Waals surface area contributed by atoms with E-state index >= 15 is 0 Å². The second-order valence-electron chi connectivity index (χ2n) is 7.24. The number of hydrogen-bond donors (Lipinski definition) is 1. The van der Waals surface area contributed by atoms with Gasteiger partial charge in [0.25, 0.3) is 5.91 Å². The Morgan fingerprint density at radius 2 is 1.71 bits per heavy atom. The molecule has 2 unspecified atom stereocenters. The summed E-state index contributed by atoms with van der Waals surface area (Å²) < 4.78 is 5.42. The fraction of sp³-hybridized carbons (Fsp3) is 0.304. The van der Waals surface area contributed by atoms with Crippen molar-refractivity contribution in [3.63, 3.8) is 0 Å². The van der Waals surface area contributed by atoms with Crippen molar-refractivity contribution in [2.45, 2.75) is 31.3 Å². The van der Waals surface area contributed by atoms with Crippen LogP contribution in [0.4, 0.5) is 0 Å². The summed E-state index contributed by atoms with van der Waals surface area (Å²) in [6.07, 6.45) is 5.08. The minimum atomic E-state index is -0.290. The lowest BCUT2D eigenvalue weighted by Crippen LogP contribution is -2.48. The average molecular weight is 376 g/mol. The molecule has 5 nitrogen and oxygen atoms in total. The van der Waals surface area contributed by atoms with E-state index in [4.69, 9.17) is 4.74 Å². The van der Waals surface area contributed by atoms with Crippen LogP contribution in [0.3, 0.4) is 0 Å². The minimum absolute atomic E-state index is 0.0124. The molecule has 0 spiro atoms. The molecule has 2 aromatic rings. The molecule has 0 aliphatic carbocycles. The van der Waals surface area contributed by atoms with Gasteiger partial charge in [0.1, 0.15) is 5.75 Å². The molecule has 28 heavy (non-hydrogen) atoms. The van der Waals surface area contributed by atoms with Gasteiger partial charge in [-0.1, -0.05) is 54.6 Å². The fourth-order valence-electron chi connectivity index (χ4n) is 4.07. The van der Waals surface area contributed by atoms with Crippen LogP contribution >= 0.6 is 0 Å². The van der Waals surface area contributed by atoms with Crippen LogP contribution in [0.5, 0.6) is 5.75 Å². The Morgan fingerprint density at radius 3 is 2.43 bits per heavy atom. The van der Waals surface area contributed by atoms with E-state index in [9.17, 15) is 9.59 Å². The van der Waals surface area contributed by atoms with Crippen LogP contribution in [0, 0.1) is 0 Å². The van der Waals surface area contributed by atoms with Gasteiger partial charge in [0.15, 0.2) is 6.61 Å². The van der Waals surface area contributed by atoms with Crippen LogP contribution in [0.2, 0.25) is 0 Å². The number of rotatable bonds is 6. The van der Waals surface area contributed by atoms with Crippen molar-refractivity contribution in [1.82, 2.24) is 10.2 Å².